The van der Waals surface area contributed by atoms with Crippen LogP contribution in [0, 0.1) is 17.6 Å². The number of benzene rings is 1. The fraction of sp³-hybridized carbons (Fsp3) is 0.462. The Balaban J connectivity index is 2.69. The SMILES string of the molecule is CCCC(C)C(=O)Cc1ccc(F)cc1F. The van der Waals surface area contributed by atoms with E-state index in [0.29, 0.717) is 0 Å². The van der Waals surface area contributed by atoms with E-state index < -0.39 is 11.6 Å². The quantitative estimate of drug-likeness (QED) is 0.750. The third-order valence-electron chi connectivity index (χ3n) is 2.65. The Labute approximate surface area is 94.5 Å². The van der Waals surface area contributed by atoms with Gasteiger partial charge in [-0.1, -0.05) is 26.3 Å². The Morgan fingerprint density at radius 2 is 2.06 bits per heavy atom. The highest BCUT2D eigenvalue weighted by atomic mass is 19.1. The van der Waals surface area contributed by atoms with Gasteiger partial charge in [0, 0.05) is 18.4 Å². The minimum absolute atomic E-state index is 0.00681. The molecule has 0 aliphatic heterocycles. The van der Waals surface area contributed by atoms with Gasteiger partial charge in [-0.15, -0.1) is 0 Å². The monoisotopic (exact) mass is 226 g/mol. The number of hydrogen-bond acceptors (Lipinski definition) is 1. The third kappa shape index (κ3) is 3.40. The van der Waals surface area contributed by atoms with Gasteiger partial charge in [0.2, 0.25) is 0 Å². The lowest BCUT2D eigenvalue weighted by Gasteiger charge is -2.09. The van der Waals surface area contributed by atoms with Crippen LogP contribution in [0.4, 0.5) is 8.78 Å². The van der Waals surface area contributed by atoms with Gasteiger partial charge in [-0.05, 0) is 18.1 Å². The molecule has 1 aromatic rings. The molecule has 0 fully saturated rings. The molecule has 16 heavy (non-hydrogen) atoms. The summed E-state index contributed by atoms with van der Waals surface area (Å²) in [6, 6.07) is 3.32. The number of carbonyl (C=O) groups is 1. The van der Waals surface area contributed by atoms with E-state index in [-0.39, 0.29) is 23.7 Å². The first-order valence-electron chi connectivity index (χ1n) is 5.51. The first-order valence-corrected chi connectivity index (χ1v) is 5.51. The highest BCUT2D eigenvalue weighted by Crippen LogP contribution is 2.14. The molecule has 0 heterocycles. The number of halogens is 2. The molecule has 3 heteroatoms. The van der Waals surface area contributed by atoms with Gasteiger partial charge >= 0.3 is 0 Å². The third-order valence-corrected chi connectivity index (χ3v) is 2.65. The Morgan fingerprint density at radius 3 is 2.62 bits per heavy atom. The van der Waals surface area contributed by atoms with Gasteiger partial charge < -0.3 is 0 Å². The van der Waals surface area contributed by atoms with Gasteiger partial charge in [0.05, 0.1) is 0 Å². The van der Waals surface area contributed by atoms with Crippen molar-refractivity contribution in [2.45, 2.75) is 33.1 Å². The zero-order chi connectivity index (χ0) is 12.1. The van der Waals surface area contributed by atoms with E-state index in [2.05, 4.69) is 0 Å². The van der Waals surface area contributed by atoms with Gasteiger partial charge in [0.1, 0.15) is 17.4 Å². The molecule has 0 aliphatic rings. The van der Waals surface area contributed by atoms with E-state index in [1.165, 1.54) is 12.1 Å². The zero-order valence-corrected chi connectivity index (χ0v) is 9.59. The molecule has 0 saturated heterocycles. The molecular formula is C13H16F2O. The highest BCUT2D eigenvalue weighted by molar-refractivity contribution is 5.82. The van der Waals surface area contributed by atoms with Gasteiger partial charge in [-0.3, -0.25) is 4.79 Å². The lowest BCUT2D eigenvalue weighted by atomic mass is 9.95. The molecule has 1 rings (SSSR count). The van der Waals surface area contributed by atoms with Crippen molar-refractivity contribution in [2.24, 2.45) is 5.92 Å². The summed E-state index contributed by atoms with van der Waals surface area (Å²) in [4.78, 5) is 11.7. The summed E-state index contributed by atoms with van der Waals surface area (Å²) >= 11 is 0. The van der Waals surface area contributed by atoms with Crippen LogP contribution in [0.2, 0.25) is 0 Å². The summed E-state index contributed by atoms with van der Waals surface area (Å²) in [5.41, 5.74) is 0.273. The Morgan fingerprint density at radius 1 is 1.38 bits per heavy atom. The van der Waals surface area contributed by atoms with E-state index in [0.717, 1.165) is 18.9 Å². The van der Waals surface area contributed by atoms with Crippen LogP contribution in [0.25, 0.3) is 0 Å². The molecule has 0 N–H and O–H groups in total. The molecule has 0 spiro atoms. The van der Waals surface area contributed by atoms with Crippen LogP contribution >= 0.6 is 0 Å². The minimum atomic E-state index is -0.642. The van der Waals surface area contributed by atoms with Crippen LogP contribution in [-0.4, -0.2) is 5.78 Å². The van der Waals surface area contributed by atoms with Gasteiger partial charge in [-0.25, -0.2) is 8.78 Å². The first-order chi connectivity index (χ1) is 7.54. The topological polar surface area (TPSA) is 17.1 Å². The number of ketones is 1. The smallest absolute Gasteiger partial charge is 0.140 e. The molecule has 88 valence electrons. The van der Waals surface area contributed by atoms with Gasteiger partial charge in [0.15, 0.2) is 0 Å². The molecule has 0 saturated carbocycles. The van der Waals surface area contributed by atoms with E-state index >= 15 is 0 Å². The normalized spacial score (nSPS) is 12.5. The molecule has 0 amide bonds. The maximum Gasteiger partial charge on any atom is 0.140 e. The summed E-state index contributed by atoms with van der Waals surface area (Å²) in [7, 11) is 0. The van der Waals surface area contributed by atoms with E-state index in [9.17, 15) is 13.6 Å². The molecule has 0 bridgehead atoms. The lowest BCUT2D eigenvalue weighted by molar-refractivity contribution is -0.121. The van der Waals surface area contributed by atoms with Crippen LogP contribution in [0.1, 0.15) is 32.3 Å². The van der Waals surface area contributed by atoms with Crippen LogP contribution in [0.5, 0.6) is 0 Å². The Hall–Kier alpha value is -1.25. The fourth-order valence-corrected chi connectivity index (χ4v) is 1.62. The predicted octanol–water partition coefficient (Wildman–Crippen LogP) is 3.51. The first kappa shape index (κ1) is 12.8. The molecule has 1 atom stereocenters. The minimum Gasteiger partial charge on any atom is -0.299 e. The molecule has 0 radical (unpaired) electrons. The van der Waals surface area contributed by atoms with E-state index in [1.807, 2.05) is 13.8 Å². The number of hydrogen-bond donors (Lipinski definition) is 0. The van der Waals surface area contributed by atoms with Crippen molar-refractivity contribution in [3.05, 3.63) is 35.4 Å². The second-order valence-corrected chi connectivity index (χ2v) is 4.07. The lowest BCUT2D eigenvalue weighted by Crippen LogP contribution is -2.14. The van der Waals surface area contributed by atoms with Crippen molar-refractivity contribution in [1.29, 1.82) is 0 Å². The van der Waals surface area contributed by atoms with Crippen LogP contribution in [0.15, 0.2) is 18.2 Å². The maximum absolute atomic E-state index is 13.3. The summed E-state index contributed by atoms with van der Waals surface area (Å²) in [6.07, 6.45) is 1.79. The predicted molar refractivity (Wildman–Crippen MR) is 59.1 cm³/mol. The molecule has 1 nitrogen and oxygen atoms in total. The molecular weight excluding hydrogens is 210 g/mol. The molecule has 1 aromatic carbocycles. The summed E-state index contributed by atoms with van der Waals surface area (Å²) in [5, 5.41) is 0. The summed E-state index contributed by atoms with van der Waals surface area (Å²) < 4.78 is 25.9. The van der Waals surface area contributed by atoms with Crippen LogP contribution < -0.4 is 0 Å². The molecule has 0 aromatic heterocycles. The highest BCUT2D eigenvalue weighted by Gasteiger charge is 2.14. The van der Waals surface area contributed by atoms with E-state index in [4.69, 9.17) is 0 Å². The van der Waals surface area contributed by atoms with Crippen molar-refractivity contribution in [1.82, 2.24) is 0 Å². The fourth-order valence-electron chi connectivity index (χ4n) is 1.62. The van der Waals surface area contributed by atoms with Crippen molar-refractivity contribution in [3.63, 3.8) is 0 Å². The van der Waals surface area contributed by atoms with E-state index in [1.54, 1.807) is 0 Å². The second kappa shape index (κ2) is 5.73. The second-order valence-electron chi connectivity index (χ2n) is 4.07. The Bertz CT molecular complexity index is 374. The van der Waals surface area contributed by atoms with Crippen molar-refractivity contribution >= 4 is 5.78 Å². The average Bonchev–Trinajstić information content (AvgIpc) is 2.22. The molecule has 0 aliphatic carbocycles. The van der Waals surface area contributed by atoms with Crippen molar-refractivity contribution in [3.8, 4) is 0 Å². The largest absolute Gasteiger partial charge is 0.299 e. The van der Waals surface area contributed by atoms with Crippen molar-refractivity contribution in [2.75, 3.05) is 0 Å². The average molecular weight is 226 g/mol. The Kier molecular flexibility index (Phi) is 4.59. The van der Waals surface area contributed by atoms with Gasteiger partial charge in [-0.2, -0.15) is 0 Å². The van der Waals surface area contributed by atoms with Crippen molar-refractivity contribution < 1.29 is 13.6 Å². The number of carbonyl (C=O) groups excluding carboxylic acids is 1. The van der Waals surface area contributed by atoms with Crippen LogP contribution in [0.3, 0.4) is 0 Å². The summed E-state index contributed by atoms with van der Waals surface area (Å²) in [6.45, 7) is 3.84. The standard InChI is InChI=1S/C13H16F2O/c1-3-4-9(2)13(16)7-10-5-6-11(14)8-12(10)15/h5-6,8-9H,3-4,7H2,1-2H3. The molecule has 1 unspecified atom stereocenters. The summed E-state index contributed by atoms with van der Waals surface area (Å²) in [5.74, 6) is -1.31. The number of Topliss-reactive ketones (excluding diaryl/α,β-unsaturated/α-hetero) is 1. The maximum atomic E-state index is 13.3. The van der Waals surface area contributed by atoms with Crippen LogP contribution in [-0.2, 0) is 11.2 Å². The zero-order valence-electron chi connectivity index (χ0n) is 9.59. The van der Waals surface area contributed by atoms with Gasteiger partial charge in [0.25, 0.3) is 0 Å². The number of rotatable bonds is 5.